The van der Waals surface area contributed by atoms with Crippen LogP contribution in [0.3, 0.4) is 0 Å². The quantitative estimate of drug-likeness (QED) is 0.0956. The summed E-state index contributed by atoms with van der Waals surface area (Å²) in [4.78, 5) is 23.0. The highest BCUT2D eigenvalue weighted by Crippen LogP contribution is 2.06. The van der Waals surface area contributed by atoms with Crippen LogP contribution < -0.4 is 10.6 Å². The predicted octanol–water partition coefficient (Wildman–Crippen LogP) is 2.20. The second-order valence-corrected chi connectivity index (χ2v) is 12.0. The van der Waals surface area contributed by atoms with Crippen molar-refractivity contribution in [3.05, 3.63) is 0 Å². The molecular formula is C32H64N2O14. The molecule has 0 spiro atoms. The second-order valence-electron chi connectivity index (χ2n) is 12.0. The summed E-state index contributed by atoms with van der Waals surface area (Å²) in [5, 5.41) is 5.25. The van der Waals surface area contributed by atoms with Gasteiger partial charge in [-0.1, -0.05) is 0 Å². The van der Waals surface area contributed by atoms with Crippen LogP contribution in [-0.2, 0) is 56.8 Å². The van der Waals surface area contributed by atoms with Gasteiger partial charge in [-0.15, -0.1) is 0 Å². The number of alkyl carbamates (subject to hydrolysis) is 2. The number of ether oxygens (including phenoxy) is 12. The first-order chi connectivity index (χ1) is 23.0. The van der Waals surface area contributed by atoms with E-state index in [0.717, 1.165) is 0 Å². The van der Waals surface area contributed by atoms with E-state index in [0.29, 0.717) is 145 Å². The number of rotatable bonds is 33. The van der Waals surface area contributed by atoms with Crippen LogP contribution in [0.15, 0.2) is 0 Å². The Morgan fingerprint density at radius 3 is 0.667 bits per heavy atom. The Kier molecular flexibility index (Phi) is 31.1. The molecule has 0 heterocycles. The third-order valence-corrected chi connectivity index (χ3v) is 5.18. The fourth-order valence-corrected chi connectivity index (χ4v) is 3.16. The second kappa shape index (κ2) is 32.4. The number of amides is 2. The van der Waals surface area contributed by atoms with Gasteiger partial charge in [0.2, 0.25) is 0 Å². The van der Waals surface area contributed by atoms with Crippen LogP contribution in [-0.4, -0.2) is 169 Å². The molecule has 0 bridgehead atoms. The molecular weight excluding hydrogens is 636 g/mol. The third-order valence-electron chi connectivity index (χ3n) is 5.18. The van der Waals surface area contributed by atoms with E-state index in [2.05, 4.69) is 10.6 Å². The monoisotopic (exact) mass is 700 g/mol. The molecule has 0 saturated heterocycles. The molecule has 0 aromatic carbocycles. The fraction of sp³-hybridized carbons (Fsp3) is 0.938. The minimum atomic E-state index is -0.515. The molecule has 0 unspecified atom stereocenters. The third kappa shape index (κ3) is 40.3. The van der Waals surface area contributed by atoms with Crippen LogP contribution in [0, 0.1) is 0 Å². The lowest BCUT2D eigenvalue weighted by Gasteiger charge is -2.19. The van der Waals surface area contributed by atoms with Gasteiger partial charge in [0.15, 0.2) is 0 Å². The van der Waals surface area contributed by atoms with E-state index in [4.69, 9.17) is 56.8 Å². The van der Waals surface area contributed by atoms with Gasteiger partial charge in [0, 0.05) is 13.1 Å². The Balaban J connectivity index is 3.14. The van der Waals surface area contributed by atoms with Crippen molar-refractivity contribution in [3.8, 4) is 0 Å². The van der Waals surface area contributed by atoms with Gasteiger partial charge in [-0.2, -0.15) is 0 Å². The summed E-state index contributed by atoms with van der Waals surface area (Å²) >= 11 is 0. The van der Waals surface area contributed by atoms with Gasteiger partial charge < -0.3 is 67.5 Å². The number of nitrogens with one attached hydrogen (secondary N) is 2. The van der Waals surface area contributed by atoms with Crippen LogP contribution in [0.1, 0.15) is 41.5 Å². The molecule has 286 valence electrons. The summed E-state index contributed by atoms with van der Waals surface area (Å²) in [6.45, 7) is 20.9. The van der Waals surface area contributed by atoms with Gasteiger partial charge in [0.1, 0.15) is 11.2 Å². The summed E-state index contributed by atoms with van der Waals surface area (Å²) in [5.74, 6) is 0. The summed E-state index contributed by atoms with van der Waals surface area (Å²) < 4.78 is 64.7. The van der Waals surface area contributed by atoms with Crippen molar-refractivity contribution in [3.63, 3.8) is 0 Å². The Hall–Kier alpha value is -1.86. The molecule has 0 rings (SSSR count). The zero-order valence-corrected chi connectivity index (χ0v) is 30.3. The first-order valence-corrected chi connectivity index (χ1v) is 16.7. The summed E-state index contributed by atoms with van der Waals surface area (Å²) in [7, 11) is 0. The van der Waals surface area contributed by atoms with Gasteiger partial charge in [-0.05, 0) is 41.5 Å². The van der Waals surface area contributed by atoms with Crippen molar-refractivity contribution in [1.82, 2.24) is 10.6 Å². The first-order valence-electron chi connectivity index (χ1n) is 16.7. The minimum absolute atomic E-state index is 0.379. The SMILES string of the molecule is CC(C)(C)OC(=O)NCCOCCOCCOCCOCCOCCOCCOCCOCCOCCOCCNC(=O)OC(C)(C)C. The summed E-state index contributed by atoms with van der Waals surface area (Å²) in [6, 6.07) is 0. The lowest BCUT2D eigenvalue weighted by Crippen LogP contribution is -2.34. The maximum absolute atomic E-state index is 11.5. The van der Waals surface area contributed by atoms with Crippen molar-refractivity contribution in [1.29, 1.82) is 0 Å². The highest BCUT2D eigenvalue weighted by Gasteiger charge is 2.16. The average molecular weight is 701 g/mol. The smallest absolute Gasteiger partial charge is 0.407 e. The highest BCUT2D eigenvalue weighted by molar-refractivity contribution is 5.67. The van der Waals surface area contributed by atoms with E-state index in [1.54, 1.807) is 0 Å². The maximum Gasteiger partial charge on any atom is 0.407 e. The normalized spacial score (nSPS) is 11.9. The van der Waals surface area contributed by atoms with Gasteiger partial charge >= 0.3 is 12.2 Å². The van der Waals surface area contributed by atoms with Gasteiger partial charge in [0.25, 0.3) is 0 Å². The van der Waals surface area contributed by atoms with E-state index in [-0.39, 0.29) is 0 Å². The van der Waals surface area contributed by atoms with Crippen LogP contribution in [0.4, 0.5) is 9.59 Å². The van der Waals surface area contributed by atoms with Gasteiger partial charge in [-0.3, -0.25) is 0 Å². The zero-order valence-electron chi connectivity index (χ0n) is 30.3. The molecule has 2 amide bonds. The van der Waals surface area contributed by atoms with E-state index < -0.39 is 23.4 Å². The largest absolute Gasteiger partial charge is 0.444 e. The standard InChI is InChI=1S/C32H64N2O14/c1-31(2,3)47-29(35)33-7-9-37-11-13-39-15-17-41-19-21-43-23-25-45-27-28-46-26-24-44-22-20-42-18-16-40-14-12-38-10-8-34-30(36)48-32(4,5)6/h7-28H2,1-6H3,(H,33,35)(H,34,36). The van der Waals surface area contributed by atoms with Crippen molar-refractivity contribution in [2.45, 2.75) is 52.7 Å². The van der Waals surface area contributed by atoms with Crippen LogP contribution in [0.2, 0.25) is 0 Å². The predicted molar refractivity (Wildman–Crippen MR) is 177 cm³/mol. The van der Waals surface area contributed by atoms with Crippen molar-refractivity contribution in [2.75, 3.05) is 145 Å². The lowest BCUT2D eigenvalue weighted by atomic mass is 10.2. The van der Waals surface area contributed by atoms with E-state index in [9.17, 15) is 9.59 Å². The average Bonchev–Trinajstić information content (AvgIpc) is 2.99. The molecule has 0 aromatic rings. The fourth-order valence-electron chi connectivity index (χ4n) is 3.16. The topological polar surface area (TPSA) is 169 Å². The summed E-state index contributed by atoms with van der Waals surface area (Å²) in [6.07, 6.45) is -0.912. The molecule has 0 aliphatic heterocycles. The lowest BCUT2D eigenvalue weighted by molar-refractivity contribution is -0.0263. The van der Waals surface area contributed by atoms with Crippen LogP contribution in [0.25, 0.3) is 0 Å². The van der Waals surface area contributed by atoms with E-state index in [1.165, 1.54) is 0 Å². The molecule has 16 heteroatoms. The summed E-state index contributed by atoms with van der Waals surface area (Å²) in [5.41, 5.74) is -1.03. The van der Waals surface area contributed by atoms with Crippen LogP contribution >= 0.6 is 0 Å². The number of hydrogen-bond acceptors (Lipinski definition) is 14. The van der Waals surface area contributed by atoms with Crippen molar-refractivity contribution >= 4 is 12.2 Å². The Morgan fingerprint density at radius 1 is 0.333 bits per heavy atom. The molecule has 0 aromatic heterocycles. The molecule has 0 atom stereocenters. The molecule has 0 saturated carbocycles. The number of carbonyl (C=O) groups excluding carboxylic acids is 2. The molecule has 0 aliphatic rings. The Labute approximate surface area is 287 Å². The van der Waals surface area contributed by atoms with E-state index in [1.807, 2.05) is 41.5 Å². The Morgan fingerprint density at radius 2 is 0.500 bits per heavy atom. The van der Waals surface area contributed by atoms with Crippen molar-refractivity contribution < 1.29 is 66.4 Å². The van der Waals surface area contributed by atoms with Gasteiger partial charge in [-0.25, -0.2) is 9.59 Å². The molecule has 0 fully saturated rings. The molecule has 16 nitrogen and oxygen atoms in total. The molecule has 2 N–H and O–H groups in total. The maximum atomic E-state index is 11.5. The Bertz CT molecular complexity index is 675. The number of hydrogen-bond donors (Lipinski definition) is 2. The minimum Gasteiger partial charge on any atom is -0.444 e. The highest BCUT2D eigenvalue weighted by atomic mass is 16.6. The molecule has 0 aliphatic carbocycles. The zero-order chi connectivity index (χ0) is 35.6. The first kappa shape index (κ1) is 46.1. The van der Waals surface area contributed by atoms with Gasteiger partial charge in [0.05, 0.1) is 132 Å². The van der Waals surface area contributed by atoms with Crippen LogP contribution in [0.5, 0.6) is 0 Å². The molecule has 48 heavy (non-hydrogen) atoms. The molecule has 0 radical (unpaired) electrons. The van der Waals surface area contributed by atoms with E-state index >= 15 is 0 Å². The number of carbonyl (C=O) groups is 2. The van der Waals surface area contributed by atoms with Crippen molar-refractivity contribution in [2.24, 2.45) is 0 Å².